The van der Waals surface area contributed by atoms with Crippen molar-refractivity contribution in [3.05, 3.63) is 35.1 Å². The molecule has 1 heterocycles. The zero-order valence-electron chi connectivity index (χ0n) is 6.07. The molecule has 0 bridgehead atoms. The summed E-state index contributed by atoms with van der Waals surface area (Å²) in [5.41, 5.74) is 0.720. The van der Waals surface area contributed by atoms with E-state index in [0.717, 1.165) is 11.6 Å². The van der Waals surface area contributed by atoms with Gasteiger partial charge < -0.3 is 5.11 Å². The maximum Gasteiger partial charge on any atom is 0.328 e. The second-order valence-corrected chi connectivity index (χ2v) is 2.47. The maximum absolute atomic E-state index is 10.1. The Labute approximate surface area is 74.3 Å². The number of aromatic nitrogens is 1. The summed E-state index contributed by atoms with van der Waals surface area (Å²) in [6.45, 7) is 0. The van der Waals surface area contributed by atoms with Crippen LogP contribution in [0.4, 0.5) is 0 Å². The normalized spacial score (nSPS) is 10.4. The first kappa shape index (κ1) is 8.74. The molecule has 62 valence electrons. The predicted octanol–water partition coefficient (Wildman–Crippen LogP) is 1.83. The van der Waals surface area contributed by atoms with Gasteiger partial charge >= 0.3 is 5.97 Å². The SMILES string of the molecule is O=C(O)/C=C\c1ccnc(Cl)c1. The molecule has 0 aromatic carbocycles. The number of carbonyl (C=O) groups is 1. The van der Waals surface area contributed by atoms with E-state index in [4.69, 9.17) is 16.7 Å². The summed E-state index contributed by atoms with van der Waals surface area (Å²) in [4.78, 5) is 13.9. The van der Waals surface area contributed by atoms with Gasteiger partial charge in [0.1, 0.15) is 5.15 Å². The molecule has 0 saturated heterocycles. The lowest BCUT2D eigenvalue weighted by Crippen LogP contribution is -1.85. The summed E-state index contributed by atoms with van der Waals surface area (Å²) in [5, 5.41) is 8.66. The van der Waals surface area contributed by atoms with Crippen LogP contribution in [0, 0.1) is 0 Å². The van der Waals surface area contributed by atoms with Crippen molar-refractivity contribution in [1.82, 2.24) is 4.98 Å². The van der Waals surface area contributed by atoms with Crippen molar-refractivity contribution in [3.63, 3.8) is 0 Å². The van der Waals surface area contributed by atoms with Crippen LogP contribution in [0.2, 0.25) is 5.15 Å². The van der Waals surface area contributed by atoms with Crippen LogP contribution in [0.5, 0.6) is 0 Å². The fourth-order valence-corrected chi connectivity index (χ4v) is 0.871. The van der Waals surface area contributed by atoms with Crippen molar-refractivity contribution in [2.75, 3.05) is 0 Å². The number of pyridine rings is 1. The minimum atomic E-state index is -0.983. The zero-order chi connectivity index (χ0) is 8.97. The van der Waals surface area contributed by atoms with Gasteiger partial charge in [-0.1, -0.05) is 11.6 Å². The monoisotopic (exact) mass is 183 g/mol. The molecular formula is C8H6ClNO2. The van der Waals surface area contributed by atoms with Gasteiger partial charge in [-0.15, -0.1) is 0 Å². The Bertz CT molecular complexity index is 323. The Morgan fingerprint density at radius 2 is 2.42 bits per heavy atom. The summed E-state index contributed by atoms with van der Waals surface area (Å²) in [6, 6.07) is 3.26. The summed E-state index contributed by atoms with van der Waals surface area (Å²) in [7, 11) is 0. The van der Waals surface area contributed by atoms with Gasteiger partial charge in [0.05, 0.1) is 0 Å². The molecule has 0 aliphatic rings. The molecule has 0 unspecified atom stereocenters. The molecule has 0 aliphatic heterocycles. The molecule has 1 aromatic rings. The van der Waals surface area contributed by atoms with Gasteiger partial charge in [-0.05, 0) is 23.8 Å². The molecule has 0 fully saturated rings. The average molecular weight is 184 g/mol. The lowest BCUT2D eigenvalue weighted by Gasteiger charge is -1.91. The lowest BCUT2D eigenvalue weighted by molar-refractivity contribution is -0.131. The van der Waals surface area contributed by atoms with Crippen LogP contribution in [0.3, 0.4) is 0 Å². The zero-order valence-corrected chi connectivity index (χ0v) is 6.82. The topological polar surface area (TPSA) is 50.2 Å². The molecule has 0 spiro atoms. The van der Waals surface area contributed by atoms with Crippen LogP contribution in [-0.2, 0) is 4.79 Å². The summed E-state index contributed by atoms with van der Waals surface area (Å²) < 4.78 is 0. The third-order valence-electron chi connectivity index (χ3n) is 1.17. The van der Waals surface area contributed by atoms with Crippen molar-refractivity contribution in [2.45, 2.75) is 0 Å². The molecule has 1 N–H and O–H groups in total. The molecular weight excluding hydrogens is 178 g/mol. The van der Waals surface area contributed by atoms with Gasteiger partial charge in [0, 0.05) is 12.3 Å². The van der Waals surface area contributed by atoms with E-state index < -0.39 is 5.97 Å². The van der Waals surface area contributed by atoms with E-state index in [2.05, 4.69) is 4.98 Å². The fourth-order valence-electron chi connectivity index (χ4n) is 0.689. The standard InChI is InChI=1S/C8H6ClNO2/c9-7-5-6(3-4-10-7)1-2-8(11)12/h1-5H,(H,11,12)/b2-1-. The van der Waals surface area contributed by atoms with Crippen molar-refractivity contribution >= 4 is 23.6 Å². The second kappa shape index (κ2) is 3.88. The molecule has 0 amide bonds. The Kier molecular flexibility index (Phi) is 2.82. The van der Waals surface area contributed by atoms with Crippen molar-refractivity contribution in [1.29, 1.82) is 0 Å². The lowest BCUT2D eigenvalue weighted by atomic mass is 10.2. The highest BCUT2D eigenvalue weighted by molar-refractivity contribution is 6.29. The number of aliphatic carboxylic acids is 1. The second-order valence-electron chi connectivity index (χ2n) is 2.08. The van der Waals surface area contributed by atoms with Crippen LogP contribution < -0.4 is 0 Å². The first-order valence-electron chi connectivity index (χ1n) is 3.21. The van der Waals surface area contributed by atoms with E-state index in [-0.39, 0.29) is 0 Å². The van der Waals surface area contributed by atoms with Crippen molar-refractivity contribution in [2.24, 2.45) is 0 Å². The largest absolute Gasteiger partial charge is 0.478 e. The Balaban J connectivity index is 2.83. The van der Waals surface area contributed by atoms with E-state index >= 15 is 0 Å². The predicted molar refractivity (Wildman–Crippen MR) is 45.9 cm³/mol. The van der Waals surface area contributed by atoms with Gasteiger partial charge in [-0.25, -0.2) is 9.78 Å². The number of rotatable bonds is 2. The van der Waals surface area contributed by atoms with Gasteiger partial charge in [0.15, 0.2) is 0 Å². The molecule has 0 saturated carbocycles. The average Bonchev–Trinajstić information content (AvgIpc) is 2.01. The Hall–Kier alpha value is -1.35. The van der Waals surface area contributed by atoms with Crippen LogP contribution >= 0.6 is 11.6 Å². The van der Waals surface area contributed by atoms with Crippen LogP contribution in [-0.4, -0.2) is 16.1 Å². The number of nitrogens with zero attached hydrogens (tertiary/aromatic N) is 1. The van der Waals surface area contributed by atoms with Gasteiger partial charge in [0.25, 0.3) is 0 Å². The minimum Gasteiger partial charge on any atom is -0.478 e. The molecule has 12 heavy (non-hydrogen) atoms. The molecule has 1 aromatic heterocycles. The summed E-state index contributed by atoms with van der Waals surface area (Å²) in [6.07, 6.45) is 4.02. The smallest absolute Gasteiger partial charge is 0.328 e. The highest BCUT2D eigenvalue weighted by Gasteiger charge is 1.91. The van der Waals surface area contributed by atoms with Gasteiger partial charge in [0.2, 0.25) is 0 Å². The summed E-state index contributed by atoms with van der Waals surface area (Å²) >= 11 is 5.57. The highest BCUT2D eigenvalue weighted by atomic mass is 35.5. The number of hydrogen-bond acceptors (Lipinski definition) is 2. The molecule has 0 aliphatic carbocycles. The first-order chi connectivity index (χ1) is 5.68. The first-order valence-corrected chi connectivity index (χ1v) is 3.59. The molecule has 0 radical (unpaired) electrons. The van der Waals surface area contributed by atoms with E-state index in [9.17, 15) is 4.79 Å². The number of hydrogen-bond donors (Lipinski definition) is 1. The van der Waals surface area contributed by atoms with Crippen LogP contribution in [0.1, 0.15) is 5.56 Å². The minimum absolute atomic E-state index is 0.350. The van der Waals surface area contributed by atoms with Crippen LogP contribution in [0.25, 0.3) is 6.08 Å². The third kappa shape index (κ3) is 2.72. The van der Waals surface area contributed by atoms with E-state index in [1.165, 1.54) is 12.3 Å². The van der Waals surface area contributed by atoms with Gasteiger partial charge in [-0.2, -0.15) is 0 Å². The molecule has 3 nitrogen and oxygen atoms in total. The van der Waals surface area contributed by atoms with Crippen molar-refractivity contribution < 1.29 is 9.90 Å². The number of halogens is 1. The molecule has 1 rings (SSSR count). The molecule has 0 atom stereocenters. The Morgan fingerprint density at radius 3 is 3.00 bits per heavy atom. The van der Waals surface area contributed by atoms with Crippen molar-refractivity contribution in [3.8, 4) is 0 Å². The molecule has 4 heteroatoms. The quantitative estimate of drug-likeness (QED) is 0.562. The van der Waals surface area contributed by atoms with E-state index in [1.54, 1.807) is 12.1 Å². The fraction of sp³-hybridized carbons (Fsp3) is 0. The Morgan fingerprint density at radius 1 is 1.67 bits per heavy atom. The van der Waals surface area contributed by atoms with E-state index in [1.807, 2.05) is 0 Å². The summed E-state index contributed by atoms with van der Waals surface area (Å²) in [5.74, 6) is -0.983. The third-order valence-corrected chi connectivity index (χ3v) is 1.38. The van der Waals surface area contributed by atoms with Crippen LogP contribution in [0.15, 0.2) is 24.4 Å². The number of carboxylic acids is 1. The van der Waals surface area contributed by atoms with E-state index in [0.29, 0.717) is 5.15 Å². The number of carboxylic acid groups (broad SMARTS) is 1. The van der Waals surface area contributed by atoms with Gasteiger partial charge in [-0.3, -0.25) is 0 Å². The highest BCUT2D eigenvalue weighted by Crippen LogP contribution is 2.07. The maximum atomic E-state index is 10.1.